The Morgan fingerprint density at radius 2 is 1.73 bits per heavy atom. The molecule has 7 heteroatoms. The highest BCUT2D eigenvalue weighted by atomic mass is 35.5. The number of hydrogen-bond acceptors (Lipinski definition) is 2. The summed E-state index contributed by atoms with van der Waals surface area (Å²) in [4.78, 5) is 27.9. The molecule has 156 valence electrons. The number of carbonyl (C=O) groups excluding carboxylic acids is 2. The predicted octanol–water partition coefficient (Wildman–Crippen LogP) is 6.44. The number of rotatable bonds is 2. The van der Waals surface area contributed by atoms with Gasteiger partial charge < -0.3 is 0 Å². The third-order valence-corrected chi connectivity index (χ3v) is 6.27. The molecule has 3 nitrogen and oxygen atoms in total. The van der Waals surface area contributed by atoms with Gasteiger partial charge in [0.2, 0.25) is 5.91 Å². The van der Waals surface area contributed by atoms with Crippen molar-refractivity contribution in [1.29, 1.82) is 0 Å². The van der Waals surface area contributed by atoms with Crippen LogP contribution in [-0.4, -0.2) is 11.7 Å². The third kappa shape index (κ3) is 3.54. The average Bonchev–Trinajstić information content (AvgIpc) is 2.62. The van der Waals surface area contributed by atoms with Crippen molar-refractivity contribution >= 4 is 40.6 Å². The number of amides is 1. The second-order valence-electron chi connectivity index (χ2n) is 8.52. The Balaban J connectivity index is 1.95. The summed E-state index contributed by atoms with van der Waals surface area (Å²) in [5, 5.41) is 0.0543. The Kier molecular flexibility index (Phi) is 5.23. The largest absolute Gasteiger partial charge is 0.294 e. The maximum absolute atomic E-state index is 14.7. The van der Waals surface area contributed by atoms with Gasteiger partial charge >= 0.3 is 0 Å². The van der Waals surface area contributed by atoms with Crippen LogP contribution in [0.25, 0.3) is 0 Å². The molecule has 0 radical (unpaired) electrons. The number of Topliss-reactive ketones (excluding diaryl/α,β-unsaturated/α-hetero) is 1. The fourth-order valence-electron chi connectivity index (χ4n) is 4.43. The second kappa shape index (κ2) is 7.47. The molecule has 4 rings (SSSR count). The summed E-state index contributed by atoms with van der Waals surface area (Å²) in [5.74, 6) is -2.39. The molecule has 0 saturated carbocycles. The standard InChI is InChI=1S/C23H19Cl2F2NO2/c1-23(2)10-18-22(19(29)11-23)13(21-14(24)4-3-5-17(21)27)9-20(30)28(18)12-6-7-16(26)15(25)8-12/h3-8,13H,9-11H2,1-2H3. The number of hydrogen-bond donors (Lipinski definition) is 0. The highest BCUT2D eigenvalue weighted by Crippen LogP contribution is 2.49. The monoisotopic (exact) mass is 449 g/mol. The van der Waals surface area contributed by atoms with Gasteiger partial charge in [0.05, 0.1) is 10.7 Å². The van der Waals surface area contributed by atoms with Crippen molar-refractivity contribution in [2.24, 2.45) is 5.41 Å². The van der Waals surface area contributed by atoms with Gasteiger partial charge in [-0.15, -0.1) is 0 Å². The number of anilines is 1. The normalized spacial score (nSPS) is 21.1. The van der Waals surface area contributed by atoms with Crippen LogP contribution in [0.1, 0.15) is 44.6 Å². The zero-order valence-electron chi connectivity index (χ0n) is 16.4. The van der Waals surface area contributed by atoms with Crippen molar-refractivity contribution < 1.29 is 18.4 Å². The Morgan fingerprint density at radius 1 is 1.00 bits per heavy atom. The summed E-state index contributed by atoms with van der Waals surface area (Å²) in [6.07, 6.45) is 0.582. The van der Waals surface area contributed by atoms with Crippen LogP contribution in [0.3, 0.4) is 0 Å². The van der Waals surface area contributed by atoms with Gasteiger partial charge in [0.1, 0.15) is 11.6 Å². The quantitative estimate of drug-likeness (QED) is 0.529. The van der Waals surface area contributed by atoms with Gasteiger partial charge in [0.25, 0.3) is 0 Å². The van der Waals surface area contributed by atoms with Crippen molar-refractivity contribution in [2.45, 2.75) is 39.0 Å². The highest BCUT2D eigenvalue weighted by molar-refractivity contribution is 6.32. The van der Waals surface area contributed by atoms with Gasteiger partial charge in [-0.1, -0.05) is 43.1 Å². The predicted molar refractivity (Wildman–Crippen MR) is 113 cm³/mol. The summed E-state index contributed by atoms with van der Waals surface area (Å²) < 4.78 is 28.4. The molecule has 1 aliphatic heterocycles. The van der Waals surface area contributed by atoms with Gasteiger partial charge in [-0.3, -0.25) is 14.5 Å². The lowest BCUT2D eigenvalue weighted by Gasteiger charge is -2.43. The first-order valence-electron chi connectivity index (χ1n) is 9.57. The summed E-state index contributed by atoms with van der Waals surface area (Å²) >= 11 is 12.2. The molecule has 1 amide bonds. The molecule has 0 bridgehead atoms. The summed E-state index contributed by atoms with van der Waals surface area (Å²) in [7, 11) is 0. The van der Waals surface area contributed by atoms with Gasteiger partial charge in [0, 0.05) is 40.6 Å². The van der Waals surface area contributed by atoms with E-state index in [1.54, 1.807) is 6.07 Å². The van der Waals surface area contributed by atoms with Crippen LogP contribution < -0.4 is 4.90 Å². The van der Waals surface area contributed by atoms with Gasteiger partial charge in [-0.05, 0) is 42.2 Å². The maximum atomic E-state index is 14.7. The van der Waals surface area contributed by atoms with Crippen LogP contribution in [0, 0.1) is 17.0 Å². The molecule has 1 atom stereocenters. The van der Waals surface area contributed by atoms with E-state index in [0.717, 1.165) is 0 Å². The van der Waals surface area contributed by atoms with Crippen molar-refractivity contribution in [3.05, 3.63) is 74.9 Å². The molecule has 0 fully saturated rings. The Hall–Kier alpha value is -2.24. The van der Waals surface area contributed by atoms with E-state index in [2.05, 4.69) is 0 Å². The molecule has 2 aromatic rings. The Labute approximate surface area is 183 Å². The highest BCUT2D eigenvalue weighted by Gasteiger charge is 2.45. The first-order chi connectivity index (χ1) is 14.1. The summed E-state index contributed by atoms with van der Waals surface area (Å²) in [5.41, 5.74) is 1.03. The molecule has 1 unspecified atom stereocenters. The topological polar surface area (TPSA) is 37.4 Å². The molecule has 2 aromatic carbocycles. The number of nitrogens with zero attached hydrogens (tertiary/aromatic N) is 1. The molecule has 0 saturated heterocycles. The van der Waals surface area contributed by atoms with Crippen LogP contribution in [0.2, 0.25) is 10.0 Å². The fraction of sp³-hybridized carbons (Fsp3) is 0.304. The van der Waals surface area contributed by atoms with E-state index in [1.165, 1.54) is 35.2 Å². The Morgan fingerprint density at radius 3 is 2.40 bits per heavy atom. The maximum Gasteiger partial charge on any atom is 0.232 e. The van der Waals surface area contributed by atoms with Crippen LogP contribution in [0.15, 0.2) is 47.7 Å². The fourth-order valence-corrected chi connectivity index (χ4v) is 4.90. The van der Waals surface area contributed by atoms with Gasteiger partial charge in [-0.2, -0.15) is 0 Å². The van der Waals surface area contributed by atoms with E-state index in [-0.39, 0.29) is 45.6 Å². The molecule has 30 heavy (non-hydrogen) atoms. The van der Waals surface area contributed by atoms with E-state index in [0.29, 0.717) is 23.4 Å². The number of allylic oxidation sites excluding steroid dienone is 2. The molecule has 0 aromatic heterocycles. The molecule has 2 aliphatic rings. The second-order valence-corrected chi connectivity index (χ2v) is 9.34. The average molecular weight is 450 g/mol. The summed E-state index contributed by atoms with van der Waals surface area (Å²) in [6, 6.07) is 8.30. The first-order valence-corrected chi connectivity index (χ1v) is 10.3. The molecular weight excluding hydrogens is 431 g/mol. The van der Waals surface area contributed by atoms with Crippen LogP contribution in [0.5, 0.6) is 0 Å². The van der Waals surface area contributed by atoms with Crippen molar-refractivity contribution in [1.82, 2.24) is 0 Å². The lowest BCUT2D eigenvalue weighted by atomic mass is 9.69. The zero-order chi connectivity index (χ0) is 21.8. The van der Waals surface area contributed by atoms with E-state index >= 15 is 0 Å². The minimum Gasteiger partial charge on any atom is -0.294 e. The van der Waals surface area contributed by atoms with Crippen LogP contribution >= 0.6 is 23.2 Å². The number of halogens is 4. The lowest BCUT2D eigenvalue weighted by Crippen LogP contribution is -2.44. The molecule has 1 heterocycles. The molecule has 0 spiro atoms. The van der Waals surface area contributed by atoms with E-state index < -0.39 is 17.6 Å². The van der Waals surface area contributed by atoms with E-state index in [9.17, 15) is 18.4 Å². The minimum atomic E-state index is -0.767. The van der Waals surface area contributed by atoms with Gasteiger partial charge in [0.15, 0.2) is 5.78 Å². The zero-order valence-corrected chi connectivity index (χ0v) is 18.0. The molecule has 0 N–H and O–H groups in total. The van der Waals surface area contributed by atoms with E-state index in [1.807, 2.05) is 13.8 Å². The van der Waals surface area contributed by atoms with E-state index in [4.69, 9.17) is 23.2 Å². The lowest BCUT2D eigenvalue weighted by molar-refractivity contribution is -0.121. The third-order valence-electron chi connectivity index (χ3n) is 5.65. The van der Waals surface area contributed by atoms with Crippen LogP contribution in [-0.2, 0) is 9.59 Å². The molecule has 1 aliphatic carbocycles. The smallest absolute Gasteiger partial charge is 0.232 e. The SMILES string of the molecule is CC1(C)CC(=O)C2=C(C1)N(c1ccc(F)c(Cl)c1)C(=O)CC2c1c(F)cccc1Cl. The number of benzene rings is 2. The number of ketones is 1. The number of carbonyl (C=O) groups is 2. The summed E-state index contributed by atoms with van der Waals surface area (Å²) in [6.45, 7) is 3.88. The van der Waals surface area contributed by atoms with Crippen molar-refractivity contribution in [3.63, 3.8) is 0 Å². The van der Waals surface area contributed by atoms with Crippen LogP contribution in [0.4, 0.5) is 14.5 Å². The Bertz CT molecular complexity index is 1090. The minimum absolute atomic E-state index is 0.122. The molecular formula is C23H19Cl2F2NO2. The van der Waals surface area contributed by atoms with Crippen molar-refractivity contribution in [3.8, 4) is 0 Å². The van der Waals surface area contributed by atoms with Crippen molar-refractivity contribution in [2.75, 3.05) is 4.90 Å². The first kappa shape index (κ1) is 21.0. The van der Waals surface area contributed by atoms with Gasteiger partial charge in [-0.25, -0.2) is 8.78 Å².